The Balaban J connectivity index is 1.82. The Bertz CT molecular complexity index is 492. The molecule has 1 N–H and O–H groups in total. The first kappa shape index (κ1) is 14.4. The van der Waals surface area contributed by atoms with Crippen molar-refractivity contribution < 1.29 is 14.7 Å². The van der Waals surface area contributed by atoms with Crippen LogP contribution >= 0.6 is 0 Å². The highest BCUT2D eigenvalue weighted by Gasteiger charge is 2.29. The van der Waals surface area contributed by atoms with Crippen molar-refractivity contribution in [1.29, 1.82) is 0 Å². The van der Waals surface area contributed by atoms with Crippen LogP contribution in [0.5, 0.6) is 5.75 Å². The van der Waals surface area contributed by atoms with Crippen LogP contribution in [-0.2, 0) is 11.2 Å². The number of amides is 1. The highest BCUT2D eigenvalue weighted by atomic mass is 16.5. The van der Waals surface area contributed by atoms with Crippen LogP contribution in [0.2, 0.25) is 0 Å². The molecule has 108 valence electrons. The number of hydrogen-bond acceptors (Lipinski definition) is 4. The third-order valence-corrected chi connectivity index (χ3v) is 3.40. The normalized spacial score (nSPS) is 15.0. The van der Waals surface area contributed by atoms with E-state index in [1.807, 2.05) is 31.3 Å². The average molecular weight is 276 g/mol. The van der Waals surface area contributed by atoms with Crippen LogP contribution in [0.3, 0.4) is 0 Å². The number of benzene rings is 1. The van der Waals surface area contributed by atoms with Gasteiger partial charge in [-0.1, -0.05) is 17.3 Å². The Labute approximate surface area is 118 Å². The summed E-state index contributed by atoms with van der Waals surface area (Å²) < 4.78 is 5.48. The van der Waals surface area contributed by atoms with E-state index in [1.165, 1.54) is 0 Å². The maximum Gasteiger partial charge on any atom is 0.260 e. The monoisotopic (exact) mass is 276 g/mol. The van der Waals surface area contributed by atoms with Gasteiger partial charge in [-0.2, -0.15) is 0 Å². The molecule has 1 aliphatic rings. The molecule has 5 heteroatoms. The molecule has 1 aliphatic carbocycles. The first-order chi connectivity index (χ1) is 9.60. The molecule has 1 saturated carbocycles. The summed E-state index contributed by atoms with van der Waals surface area (Å²) in [6.45, 7) is 1.83. The van der Waals surface area contributed by atoms with Gasteiger partial charge in [-0.15, -0.1) is 0 Å². The second-order valence-electron chi connectivity index (χ2n) is 5.18. The van der Waals surface area contributed by atoms with Crippen LogP contribution in [-0.4, -0.2) is 41.4 Å². The highest BCUT2D eigenvalue weighted by molar-refractivity contribution is 5.83. The van der Waals surface area contributed by atoms with Crippen LogP contribution in [0, 0.1) is 0 Å². The molecule has 0 aromatic heterocycles. The Morgan fingerprint density at radius 3 is 2.60 bits per heavy atom. The van der Waals surface area contributed by atoms with Gasteiger partial charge in [-0.25, -0.2) is 0 Å². The summed E-state index contributed by atoms with van der Waals surface area (Å²) in [5, 5.41) is 11.8. The summed E-state index contributed by atoms with van der Waals surface area (Å²) >= 11 is 0. The Hall–Kier alpha value is -2.04. The number of ether oxygens (including phenoxy) is 1. The van der Waals surface area contributed by atoms with Gasteiger partial charge in [0.05, 0.1) is 5.71 Å². The fourth-order valence-corrected chi connectivity index (χ4v) is 1.95. The third kappa shape index (κ3) is 3.98. The second kappa shape index (κ2) is 6.41. The summed E-state index contributed by atoms with van der Waals surface area (Å²) in [4.78, 5) is 13.6. The van der Waals surface area contributed by atoms with Gasteiger partial charge in [0.2, 0.25) is 0 Å². The van der Waals surface area contributed by atoms with Crippen molar-refractivity contribution in [3.8, 4) is 5.75 Å². The molecule has 0 spiro atoms. The molecule has 2 rings (SSSR count). The van der Waals surface area contributed by atoms with Crippen molar-refractivity contribution >= 4 is 11.6 Å². The number of oxime groups is 1. The molecule has 0 atom stereocenters. The lowest BCUT2D eigenvalue weighted by atomic mass is 10.1. The fraction of sp³-hybridized carbons (Fsp3) is 0.467. The van der Waals surface area contributed by atoms with Gasteiger partial charge in [0.25, 0.3) is 5.91 Å². The maximum atomic E-state index is 11.8. The summed E-state index contributed by atoms with van der Waals surface area (Å²) in [5.41, 5.74) is 1.69. The first-order valence-corrected chi connectivity index (χ1v) is 6.75. The number of carbonyl (C=O) groups excluding carboxylic acids is 1. The quantitative estimate of drug-likeness (QED) is 0.491. The van der Waals surface area contributed by atoms with Crippen molar-refractivity contribution in [2.45, 2.75) is 32.2 Å². The van der Waals surface area contributed by atoms with Crippen LogP contribution in [0.1, 0.15) is 25.3 Å². The Morgan fingerprint density at radius 2 is 2.05 bits per heavy atom. The lowest BCUT2D eigenvalue weighted by molar-refractivity contribution is -0.132. The van der Waals surface area contributed by atoms with E-state index in [0.717, 1.165) is 18.4 Å². The number of likely N-dealkylation sites (N-methyl/N-ethyl adjacent to an activating group) is 1. The zero-order valence-electron chi connectivity index (χ0n) is 11.9. The van der Waals surface area contributed by atoms with Crippen molar-refractivity contribution in [3.05, 3.63) is 29.8 Å². The molecule has 5 nitrogen and oxygen atoms in total. The van der Waals surface area contributed by atoms with E-state index < -0.39 is 0 Å². The van der Waals surface area contributed by atoms with E-state index in [-0.39, 0.29) is 12.5 Å². The molecule has 1 aromatic carbocycles. The van der Waals surface area contributed by atoms with Crippen molar-refractivity contribution in [3.63, 3.8) is 0 Å². The zero-order valence-corrected chi connectivity index (χ0v) is 11.9. The number of nitrogens with zero attached hydrogens (tertiary/aromatic N) is 2. The summed E-state index contributed by atoms with van der Waals surface area (Å²) in [6, 6.07) is 7.86. The number of carbonyl (C=O) groups is 1. The summed E-state index contributed by atoms with van der Waals surface area (Å²) in [7, 11) is 1.82. The van der Waals surface area contributed by atoms with E-state index in [4.69, 9.17) is 9.94 Å². The van der Waals surface area contributed by atoms with Crippen molar-refractivity contribution in [1.82, 2.24) is 4.90 Å². The second-order valence-corrected chi connectivity index (χ2v) is 5.18. The van der Waals surface area contributed by atoms with E-state index in [1.54, 1.807) is 11.8 Å². The van der Waals surface area contributed by atoms with Crippen molar-refractivity contribution in [2.75, 3.05) is 13.7 Å². The van der Waals surface area contributed by atoms with E-state index in [0.29, 0.717) is 23.9 Å². The van der Waals surface area contributed by atoms with Crippen molar-refractivity contribution in [2.24, 2.45) is 5.16 Å². The van der Waals surface area contributed by atoms with E-state index in [9.17, 15) is 4.79 Å². The smallest absolute Gasteiger partial charge is 0.260 e. The van der Waals surface area contributed by atoms with E-state index >= 15 is 0 Å². The predicted octanol–water partition coefficient (Wildman–Crippen LogP) is 2.08. The summed E-state index contributed by atoms with van der Waals surface area (Å²) in [5.74, 6) is 0.685. The number of rotatable bonds is 6. The third-order valence-electron chi connectivity index (χ3n) is 3.40. The van der Waals surface area contributed by atoms with Gasteiger partial charge >= 0.3 is 0 Å². The molecule has 1 fully saturated rings. The molecule has 1 amide bonds. The van der Waals surface area contributed by atoms with Gasteiger partial charge in [-0.05, 0) is 37.5 Å². The van der Waals surface area contributed by atoms with Crippen LogP contribution < -0.4 is 4.74 Å². The summed E-state index contributed by atoms with van der Waals surface area (Å²) in [6.07, 6.45) is 2.80. The van der Waals surface area contributed by atoms with Crippen LogP contribution in [0.4, 0.5) is 0 Å². The highest BCUT2D eigenvalue weighted by Crippen LogP contribution is 2.25. The lowest BCUT2D eigenvalue weighted by Crippen LogP contribution is -2.33. The van der Waals surface area contributed by atoms with Gasteiger partial charge in [0, 0.05) is 19.5 Å². The molecule has 0 unspecified atom stereocenters. The van der Waals surface area contributed by atoms with Gasteiger partial charge in [-0.3, -0.25) is 4.79 Å². The Morgan fingerprint density at radius 1 is 1.40 bits per heavy atom. The Kier molecular flexibility index (Phi) is 4.61. The molecule has 0 radical (unpaired) electrons. The largest absolute Gasteiger partial charge is 0.484 e. The minimum atomic E-state index is 0.0137. The average Bonchev–Trinajstić information content (AvgIpc) is 3.29. The topological polar surface area (TPSA) is 62.1 Å². The number of hydrogen-bond donors (Lipinski definition) is 1. The molecular formula is C15H20N2O3. The standard InChI is InChI=1S/C15H20N2O3/c1-11(16-19)9-12-3-7-14(8-4-12)20-10-15(18)17(2)13-5-6-13/h3-4,7-8,13,19H,5-6,9-10H2,1-2H3/b16-11+. The maximum absolute atomic E-state index is 11.8. The zero-order chi connectivity index (χ0) is 14.5. The van der Waals surface area contributed by atoms with Crippen LogP contribution in [0.15, 0.2) is 29.4 Å². The molecule has 1 aromatic rings. The molecule has 0 heterocycles. The molecule has 0 aliphatic heterocycles. The molecular weight excluding hydrogens is 256 g/mol. The minimum Gasteiger partial charge on any atom is -0.484 e. The van der Waals surface area contributed by atoms with Crippen LogP contribution in [0.25, 0.3) is 0 Å². The van der Waals surface area contributed by atoms with Gasteiger partial charge < -0.3 is 14.8 Å². The fourth-order valence-electron chi connectivity index (χ4n) is 1.95. The predicted molar refractivity (Wildman–Crippen MR) is 76.3 cm³/mol. The van der Waals surface area contributed by atoms with Gasteiger partial charge in [0.1, 0.15) is 5.75 Å². The molecule has 0 bridgehead atoms. The molecule has 0 saturated heterocycles. The minimum absolute atomic E-state index is 0.0137. The SMILES string of the molecule is C/C(Cc1ccc(OCC(=O)N(C)C2CC2)cc1)=N\O. The van der Waals surface area contributed by atoms with Gasteiger partial charge in [0.15, 0.2) is 6.61 Å². The lowest BCUT2D eigenvalue weighted by Gasteiger charge is -2.16. The van der Waals surface area contributed by atoms with E-state index in [2.05, 4.69) is 5.16 Å². The molecule has 20 heavy (non-hydrogen) atoms. The first-order valence-electron chi connectivity index (χ1n) is 6.75.